The van der Waals surface area contributed by atoms with Crippen LogP contribution in [0, 0.1) is 0 Å². The van der Waals surface area contributed by atoms with Gasteiger partial charge in [-0.05, 0) is 45.6 Å². The lowest BCUT2D eigenvalue weighted by Gasteiger charge is -2.19. The normalized spacial score (nSPS) is 10.3. The van der Waals surface area contributed by atoms with Gasteiger partial charge in [-0.15, -0.1) is 11.3 Å². The van der Waals surface area contributed by atoms with E-state index in [1.165, 1.54) is 34.4 Å². The van der Waals surface area contributed by atoms with Gasteiger partial charge in [-0.3, -0.25) is 4.79 Å². The smallest absolute Gasteiger partial charge is 0.335 e. The molecule has 1 aromatic carbocycles. The molecule has 1 heterocycles. The standard InChI is InChI=1S/C13H11BrN2O3S/c1-16(12(17)11-8(14)4-5-20-11)10-3-2-7(13(18)19)6-9(10)15/h2-6H,15H2,1H3,(H,18,19). The van der Waals surface area contributed by atoms with E-state index in [4.69, 9.17) is 10.8 Å². The molecule has 1 amide bonds. The van der Waals surface area contributed by atoms with Crippen molar-refractivity contribution in [1.82, 2.24) is 0 Å². The Morgan fingerprint density at radius 3 is 2.55 bits per heavy atom. The largest absolute Gasteiger partial charge is 0.478 e. The molecule has 0 aliphatic rings. The number of halogens is 1. The summed E-state index contributed by atoms with van der Waals surface area (Å²) in [7, 11) is 1.60. The minimum atomic E-state index is -1.06. The molecule has 2 rings (SSSR count). The second-order valence-electron chi connectivity index (χ2n) is 4.04. The number of rotatable bonds is 3. The van der Waals surface area contributed by atoms with Crippen LogP contribution in [0.15, 0.2) is 34.1 Å². The molecule has 7 heteroatoms. The van der Waals surface area contributed by atoms with Crippen molar-refractivity contribution in [2.24, 2.45) is 0 Å². The first kappa shape index (κ1) is 14.5. The number of hydrogen-bond donors (Lipinski definition) is 2. The number of carbonyl (C=O) groups excluding carboxylic acids is 1. The molecule has 5 nitrogen and oxygen atoms in total. The highest BCUT2D eigenvalue weighted by Crippen LogP contribution is 2.29. The molecule has 2 aromatic rings. The number of hydrogen-bond acceptors (Lipinski definition) is 4. The van der Waals surface area contributed by atoms with E-state index in [1.807, 2.05) is 5.38 Å². The number of thiophene rings is 1. The summed E-state index contributed by atoms with van der Waals surface area (Å²) >= 11 is 4.63. The van der Waals surface area contributed by atoms with E-state index in [9.17, 15) is 9.59 Å². The van der Waals surface area contributed by atoms with Gasteiger partial charge in [0.1, 0.15) is 4.88 Å². The third kappa shape index (κ3) is 2.68. The Balaban J connectivity index is 2.34. The lowest BCUT2D eigenvalue weighted by molar-refractivity contribution is 0.0697. The van der Waals surface area contributed by atoms with Crippen molar-refractivity contribution in [2.45, 2.75) is 0 Å². The van der Waals surface area contributed by atoms with Gasteiger partial charge in [0.15, 0.2) is 0 Å². The molecule has 3 N–H and O–H groups in total. The quantitative estimate of drug-likeness (QED) is 0.829. The predicted molar refractivity (Wildman–Crippen MR) is 82.6 cm³/mol. The molecule has 20 heavy (non-hydrogen) atoms. The van der Waals surface area contributed by atoms with E-state index in [1.54, 1.807) is 13.1 Å². The van der Waals surface area contributed by atoms with Gasteiger partial charge in [0, 0.05) is 11.5 Å². The Labute approximate surface area is 127 Å². The van der Waals surface area contributed by atoms with Crippen molar-refractivity contribution in [1.29, 1.82) is 0 Å². The van der Waals surface area contributed by atoms with Crippen molar-refractivity contribution in [3.8, 4) is 0 Å². The maximum absolute atomic E-state index is 12.3. The fraction of sp³-hybridized carbons (Fsp3) is 0.0769. The molecule has 0 saturated carbocycles. The lowest BCUT2D eigenvalue weighted by Crippen LogP contribution is -2.26. The van der Waals surface area contributed by atoms with E-state index in [0.717, 1.165) is 4.47 Å². The highest BCUT2D eigenvalue weighted by atomic mass is 79.9. The third-order valence-electron chi connectivity index (χ3n) is 2.75. The zero-order valence-electron chi connectivity index (χ0n) is 10.5. The number of nitrogen functional groups attached to an aromatic ring is 1. The number of carboxylic acid groups (broad SMARTS) is 1. The summed E-state index contributed by atoms with van der Waals surface area (Å²) in [5.74, 6) is -1.26. The summed E-state index contributed by atoms with van der Waals surface area (Å²) in [5.41, 5.74) is 6.63. The number of amides is 1. The van der Waals surface area contributed by atoms with Crippen molar-refractivity contribution >= 4 is 50.5 Å². The van der Waals surface area contributed by atoms with Crippen LogP contribution in [-0.2, 0) is 0 Å². The van der Waals surface area contributed by atoms with E-state index in [0.29, 0.717) is 10.6 Å². The zero-order chi connectivity index (χ0) is 14.9. The van der Waals surface area contributed by atoms with Gasteiger partial charge < -0.3 is 15.7 Å². The number of aromatic carboxylic acids is 1. The molecule has 0 radical (unpaired) electrons. The first-order chi connectivity index (χ1) is 9.41. The number of benzene rings is 1. The van der Waals surface area contributed by atoms with E-state index < -0.39 is 5.97 Å². The predicted octanol–water partition coefficient (Wildman–Crippen LogP) is 3.07. The summed E-state index contributed by atoms with van der Waals surface area (Å²) in [4.78, 5) is 25.2. The molecule has 0 atom stereocenters. The molecule has 104 valence electrons. The minimum absolute atomic E-state index is 0.0874. The lowest BCUT2D eigenvalue weighted by atomic mass is 10.1. The monoisotopic (exact) mass is 354 g/mol. The maximum Gasteiger partial charge on any atom is 0.335 e. The number of carbonyl (C=O) groups is 2. The fourth-order valence-corrected chi connectivity index (χ4v) is 3.22. The number of anilines is 2. The van der Waals surface area contributed by atoms with Crippen LogP contribution in [0.5, 0.6) is 0 Å². The molecule has 0 saturated heterocycles. The van der Waals surface area contributed by atoms with Crippen LogP contribution in [0.1, 0.15) is 20.0 Å². The van der Waals surface area contributed by atoms with Crippen LogP contribution >= 0.6 is 27.3 Å². The number of carboxylic acids is 1. The summed E-state index contributed by atoms with van der Waals surface area (Å²) in [6, 6.07) is 6.08. The first-order valence-corrected chi connectivity index (χ1v) is 7.23. The highest BCUT2D eigenvalue weighted by molar-refractivity contribution is 9.10. The van der Waals surface area contributed by atoms with Gasteiger partial charge >= 0.3 is 5.97 Å². The van der Waals surface area contributed by atoms with E-state index in [-0.39, 0.29) is 17.2 Å². The first-order valence-electron chi connectivity index (χ1n) is 5.55. The Bertz CT molecular complexity index is 684. The number of nitrogens with two attached hydrogens (primary N) is 1. The second kappa shape index (κ2) is 5.64. The Kier molecular flexibility index (Phi) is 4.10. The van der Waals surface area contributed by atoms with Crippen LogP contribution < -0.4 is 10.6 Å². The van der Waals surface area contributed by atoms with Crippen molar-refractivity contribution < 1.29 is 14.7 Å². The molecule has 1 aromatic heterocycles. The van der Waals surface area contributed by atoms with Gasteiger partial charge in [0.2, 0.25) is 0 Å². The van der Waals surface area contributed by atoms with Crippen molar-refractivity contribution in [3.63, 3.8) is 0 Å². The van der Waals surface area contributed by atoms with Crippen LogP contribution in [0.2, 0.25) is 0 Å². The summed E-state index contributed by atoms with van der Waals surface area (Å²) < 4.78 is 0.722. The molecule has 0 bridgehead atoms. The molecule has 0 spiro atoms. The van der Waals surface area contributed by atoms with Gasteiger partial charge in [-0.25, -0.2) is 4.79 Å². The van der Waals surface area contributed by atoms with Gasteiger partial charge in [-0.2, -0.15) is 0 Å². The Hall–Kier alpha value is -1.86. The third-order valence-corrected chi connectivity index (χ3v) is 4.58. The van der Waals surface area contributed by atoms with E-state index >= 15 is 0 Å². The Morgan fingerprint density at radius 2 is 2.05 bits per heavy atom. The maximum atomic E-state index is 12.3. The summed E-state index contributed by atoms with van der Waals surface area (Å²) in [5, 5.41) is 10.7. The number of nitrogens with zero attached hydrogens (tertiary/aromatic N) is 1. The zero-order valence-corrected chi connectivity index (χ0v) is 12.9. The molecular weight excluding hydrogens is 344 g/mol. The van der Waals surface area contributed by atoms with Gasteiger partial charge in [0.25, 0.3) is 5.91 Å². The van der Waals surface area contributed by atoms with E-state index in [2.05, 4.69) is 15.9 Å². The molecule has 0 aliphatic carbocycles. The molecular formula is C13H11BrN2O3S. The fourth-order valence-electron chi connectivity index (χ4n) is 1.70. The molecule has 0 fully saturated rings. The average Bonchev–Trinajstić information content (AvgIpc) is 2.83. The van der Waals surface area contributed by atoms with Crippen molar-refractivity contribution in [3.05, 3.63) is 44.6 Å². The topological polar surface area (TPSA) is 83.6 Å². The second-order valence-corrected chi connectivity index (χ2v) is 5.81. The average molecular weight is 355 g/mol. The van der Waals surface area contributed by atoms with Crippen LogP contribution in [0.4, 0.5) is 11.4 Å². The summed E-state index contributed by atoms with van der Waals surface area (Å²) in [6.07, 6.45) is 0. The van der Waals surface area contributed by atoms with Crippen molar-refractivity contribution in [2.75, 3.05) is 17.7 Å². The highest BCUT2D eigenvalue weighted by Gasteiger charge is 2.19. The molecule has 0 aliphatic heterocycles. The summed E-state index contributed by atoms with van der Waals surface area (Å²) in [6.45, 7) is 0. The SMILES string of the molecule is CN(C(=O)c1sccc1Br)c1ccc(C(=O)O)cc1N. The van der Waals surface area contributed by atoms with Gasteiger partial charge in [0.05, 0.1) is 16.9 Å². The van der Waals surface area contributed by atoms with Crippen LogP contribution in [0.3, 0.4) is 0 Å². The minimum Gasteiger partial charge on any atom is -0.478 e. The Morgan fingerprint density at radius 1 is 1.35 bits per heavy atom. The van der Waals surface area contributed by atoms with Crippen LogP contribution in [0.25, 0.3) is 0 Å². The van der Waals surface area contributed by atoms with Gasteiger partial charge in [-0.1, -0.05) is 0 Å². The van der Waals surface area contributed by atoms with Crippen LogP contribution in [-0.4, -0.2) is 24.0 Å². The molecule has 0 unspecified atom stereocenters.